The Hall–Kier alpha value is -1.06. The summed E-state index contributed by atoms with van der Waals surface area (Å²) in [5.74, 6) is 0.532. The number of nitrogen functional groups attached to an aromatic ring is 1. The number of rotatable bonds is 6. The molecule has 17 heavy (non-hydrogen) atoms. The number of allylic oxidation sites excluding steroid dienone is 1. The van der Waals surface area contributed by atoms with Crippen LogP contribution < -0.4 is 11.1 Å². The summed E-state index contributed by atoms with van der Waals surface area (Å²) < 4.78 is 0. The van der Waals surface area contributed by atoms with Gasteiger partial charge in [-0.15, -0.1) is 0 Å². The molecular weight excluding hydrogens is 234 g/mol. The maximum Gasteiger partial charge on any atom is 0.130 e. The lowest BCUT2D eigenvalue weighted by atomic mass is 10.1. The zero-order valence-corrected chi connectivity index (χ0v) is 11.2. The predicted molar refractivity (Wildman–Crippen MR) is 75.1 cm³/mol. The fourth-order valence-corrected chi connectivity index (χ4v) is 1.73. The van der Waals surface area contributed by atoms with Crippen LogP contribution in [0.3, 0.4) is 0 Å². The van der Waals surface area contributed by atoms with E-state index in [1.807, 2.05) is 13.0 Å². The van der Waals surface area contributed by atoms with Crippen molar-refractivity contribution in [2.24, 2.45) is 0 Å². The highest BCUT2D eigenvalue weighted by Crippen LogP contribution is 2.22. The molecule has 0 unspecified atom stereocenters. The molecule has 0 fully saturated rings. The van der Waals surface area contributed by atoms with Crippen molar-refractivity contribution in [3.63, 3.8) is 0 Å². The molecule has 0 aromatic carbocycles. The molecule has 0 aliphatic rings. The van der Waals surface area contributed by atoms with Crippen molar-refractivity contribution in [1.29, 1.82) is 0 Å². The van der Waals surface area contributed by atoms with Gasteiger partial charge in [0.1, 0.15) is 5.82 Å². The molecular formula is C13H20ClN3. The fourth-order valence-electron chi connectivity index (χ4n) is 1.57. The SMILES string of the molecule is CCCNCCC=C(C)c1cc(Cl)cnc1N. The van der Waals surface area contributed by atoms with Gasteiger partial charge in [-0.25, -0.2) is 4.98 Å². The third-order valence-electron chi connectivity index (χ3n) is 2.51. The first-order valence-corrected chi connectivity index (χ1v) is 6.31. The molecule has 1 aromatic rings. The van der Waals surface area contributed by atoms with Gasteiger partial charge in [0.15, 0.2) is 0 Å². The Morgan fingerprint density at radius 1 is 1.53 bits per heavy atom. The summed E-state index contributed by atoms with van der Waals surface area (Å²) in [6.45, 7) is 6.24. The Morgan fingerprint density at radius 3 is 3.00 bits per heavy atom. The van der Waals surface area contributed by atoms with Crippen LogP contribution in [0.1, 0.15) is 32.3 Å². The second-order valence-corrected chi connectivity index (χ2v) is 4.45. The first-order chi connectivity index (χ1) is 8.15. The van der Waals surface area contributed by atoms with Crippen LogP contribution >= 0.6 is 11.6 Å². The lowest BCUT2D eigenvalue weighted by molar-refractivity contribution is 0.678. The van der Waals surface area contributed by atoms with E-state index in [1.165, 1.54) is 0 Å². The number of aromatic nitrogens is 1. The molecule has 0 bridgehead atoms. The second-order valence-electron chi connectivity index (χ2n) is 4.01. The molecule has 3 N–H and O–H groups in total. The Balaban J connectivity index is 2.58. The number of halogens is 1. The van der Waals surface area contributed by atoms with Gasteiger partial charge in [-0.1, -0.05) is 24.6 Å². The molecule has 1 rings (SSSR count). The second kappa shape index (κ2) is 7.30. The lowest BCUT2D eigenvalue weighted by Crippen LogP contribution is -2.15. The van der Waals surface area contributed by atoms with E-state index >= 15 is 0 Å². The van der Waals surface area contributed by atoms with Gasteiger partial charge >= 0.3 is 0 Å². The van der Waals surface area contributed by atoms with Crippen molar-refractivity contribution in [1.82, 2.24) is 10.3 Å². The standard InChI is InChI=1S/C13H20ClN3/c1-3-6-16-7-4-5-10(2)12-8-11(14)9-17-13(12)15/h5,8-9,16H,3-4,6-7H2,1-2H3,(H2,15,17). The predicted octanol–water partition coefficient (Wildman–Crippen LogP) is 3.11. The number of nitrogens with one attached hydrogen (secondary N) is 1. The average molecular weight is 254 g/mol. The molecule has 94 valence electrons. The van der Waals surface area contributed by atoms with Crippen LogP contribution in [-0.2, 0) is 0 Å². The number of hydrogen-bond donors (Lipinski definition) is 2. The van der Waals surface area contributed by atoms with Gasteiger partial charge in [-0.3, -0.25) is 0 Å². The van der Waals surface area contributed by atoms with Crippen molar-refractivity contribution in [2.75, 3.05) is 18.8 Å². The van der Waals surface area contributed by atoms with Crippen LogP contribution in [0.25, 0.3) is 5.57 Å². The zero-order valence-electron chi connectivity index (χ0n) is 10.5. The van der Waals surface area contributed by atoms with Crippen LogP contribution in [-0.4, -0.2) is 18.1 Å². The third-order valence-corrected chi connectivity index (χ3v) is 2.72. The first-order valence-electron chi connectivity index (χ1n) is 5.94. The summed E-state index contributed by atoms with van der Waals surface area (Å²) in [5.41, 5.74) is 7.86. The smallest absolute Gasteiger partial charge is 0.130 e. The van der Waals surface area contributed by atoms with Crippen LogP contribution in [0.4, 0.5) is 5.82 Å². The van der Waals surface area contributed by atoms with Gasteiger partial charge in [-0.2, -0.15) is 0 Å². The van der Waals surface area contributed by atoms with E-state index in [0.29, 0.717) is 10.8 Å². The van der Waals surface area contributed by atoms with Gasteiger partial charge in [0.05, 0.1) is 5.02 Å². The summed E-state index contributed by atoms with van der Waals surface area (Å²) in [6, 6.07) is 1.86. The molecule has 1 aromatic heterocycles. The minimum Gasteiger partial charge on any atom is -0.383 e. The summed E-state index contributed by atoms with van der Waals surface area (Å²) in [4.78, 5) is 4.05. The van der Waals surface area contributed by atoms with E-state index < -0.39 is 0 Å². The molecule has 0 aliphatic carbocycles. The van der Waals surface area contributed by atoms with Crippen molar-refractivity contribution < 1.29 is 0 Å². The lowest BCUT2D eigenvalue weighted by Gasteiger charge is -2.06. The quantitative estimate of drug-likeness (QED) is 0.766. The number of pyridine rings is 1. The Kier molecular flexibility index (Phi) is 6.01. The summed E-state index contributed by atoms with van der Waals surface area (Å²) in [7, 11) is 0. The number of anilines is 1. The monoisotopic (exact) mass is 253 g/mol. The maximum absolute atomic E-state index is 5.91. The van der Waals surface area contributed by atoms with E-state index in [2.05, 4.69) is 23.3 Å². The van der Waals surface area contributed by atoms with Crippen LogP contribution in [0, 0.1) is 0 Å². The number of hydrogen-bond acceptors (Lipinski definition) is 3. The zero-order chi connectivity index (χ0) is 12.7. The van der Waals surface area contributed by atoms with E-state index in [1.54, 1.807) is 6.20 Å². The minimum atomic E-state index is 0.532. The molecule has 4 heteroatoms. The Labute approximate surface area is 108 Å². The van der Waals surface area contributed by atoms with Crippen LogP contribution in [0.2, 0.25) is 5.02 Å². The molecule has 0 atom stereocenters. The van der Waals surface area contributed by atoms with Crippen molar-refractivity contribution in [3.05, 3.63) is 28.9 Å². The molecule has 0 aliphatic heterocycles. The Morgan fingerprint density at radius 2 is 2.29 bits per heavy atom. The Bertz CT molecular complexity index is 388. The van der Waals surface area contributed by atoms with Gasteiger partial charge in [0, 0.05) is 11.8 Å². The van der Waals surface area contributed by atoms with Crippen LogP contribution in [0.15, 0.2) is 18.3 Å². The summed E-state index contributed by atoms with van der Waals surface area (Å²) in [5, 5.41) is 3.97. The van der Waals surface area contributed by atoms with Crippen molar-refractivity contribution in [3.8, 4) is 0 Å². The third kappa shape index (κ3) is 4.75. The summed E-state index contributed by atoms with van der Waals surface area (Å²) in [6.07, 6.45) is 5.87. The highest BCUT2D eigenvalue weighted by Gasteiger charge is 2.03. The molecule has 0 amide bonds. The average Bonchev–Trinajstić information content (AvgIpc) is 2.32. The van der Waals surface area contributed by atoms with E-state index in [4.69, 9.17) is 17.3 Å². The topological polar surface area (TPSA) is 50.9 Å². The van der Waals surface area contributed by atoms with Crippen molar-refractivity contribution in [2.45, 2.75) is 26.7 Å². The number of nitrogens with zero attached hydrogens (tertiary/aromatic N) is 1. The van der Waals surface area contributed by atoms with Gasteiger partial charge < -0.3 is 11.1 Å². The van der Waals surface area contributed by atoms with Gasteiger partial charge in [0.25, 0.3) is 0 Å². The highest BCUT2D eigenvalue weighted by atomic mass is 35.5. The van der Waals surface area contributed by atoms with Gasteiger partial charge in [-0.05, 0) is 44.5 Å². The van der Waals surface area contributed by atoms with E-state index in [0.717, 1.165) is 37.1 Å². The molecule has 0 saturated heterocycles. The van der Waals surface area contributed by atoms with Crippen molar-refractivity contribution >= 4 is 23.0 Å². The normalized spacial score (nSPS) is 11.8. The molecule has 0 spiro atoms. The first kappa shape index (κ1) is 14.0. The summed E-state index contributed by atoms with van der Waals surface area (Å²) >= 11 is 5.91. The molecule has 0 saturated carbocycles. The highest BCUT2D eigenvalue weighted by molar-refractivity contribution is 6.30. The van der Waals surface area contributed by atoms with Gasteiger partial charge in [0.2, 0.25) is 0 Å². The van der Waals surface area contributed by atoms with E-state index in [9.17, 15) is 0 Å². The molecule has 1 heterocycles. The largest absolute Gasteiger partial charge is 0.383 e. The maximum atomic E-state index is 5.91. The van der Waals surface area contributed by atoms with E-state index in [-0.39, 0.29) is 0 Å². The number of nitrogens with two attached hydrogens (primary N) is 1. The molecule has 0 radical (unpaired) electrons. The van der Waals surface area contributed by atoms with Crippen LogP contribution in [0.5, 0.6) is 0 Å². The fraction of sp³-hybridized carbons (Fsp3) is 0.462. The molecule has 3 nitrogen and oxygen atoms in total. The minimum absolute atomic E-state index is 0.532.